The van der Waals surface area contributed by atoms with Gasteiger partial charge in [-0.2, -0.15) is 0 Å². The summed E-state index contributed by atoms with van der Waals surface area (Å²) in [6.45, 7) is 6.33. The summed E-state index contributed by atoms with van der Waals surface area (Å²) in [5, 5.41) is 45.1. The number of nitrogens with one attached hydrogen (secondary N) is 2. The minimum Gasteiger partial charge on any atom is -0.493 e. The molecule has 6 rings (SSSR count). The van der Waals surface area contributed by atoms with Gasteiger partial charge in [-0.05, 0) is 98.9 Å². The fraction of sp³-hybridized carbons (Fsp3) is 0.409. The predicted octanol–water partition coefficient (Wildman–Crippen LogP) is 7.44. The van der Waals surface area contributed by atoms with E-state index in [-0.39, 0.29) is 25.3 Å². The lowest BCUT2D eigenvalue weighted by Crippen LogP contribution is -2.52. The van der Waals surface area contributed by atoms with Gasteiger partial charge in [0.2, 0.25) is 0 Å². The molecule has 0 aromatic heterocycles. The molecule has 0 heterocycles. The molecule has 0 saturated heterocycles. The number of rotatable bonds is 19. The first kappa shape index (κ1) is 43.0. The summed E-state index contributed by atoms with van der Waals surface area (Å²) < 4.78 is 25.0. The van der Waals surface area contributed by atoms with Crippen molar-refractivity contribution in [1.29, 1.82) is 0 Å². The highest BCUT2D eigenvalue weighted by molar-refractivity contribution is 6.32. The standard InChI is InChI=1S/C44H50Cl2N2O10/c1-5-55-37-19-39(33(45)17-25(37)21-47-43(3,23-49)41(51)52)57-35-15-13-29-27(9-7-11-31(29)35)28-10-8-12-32-30(28)14-16-36(32)58-40-20-38(56-6-2)26(18-34(40)46)22-48-44(4,24-50)42(53)54/h7-12,17-20,35-36,47-50H,5-6,13-16,21-24H2,1-4H3,(H,51,52)(H,53,54)/t35-,36+,43-,44-/m0/s1. The van der Waals surface area contributed by atoms with Crippen molar-refractivity contribution in [2.75, 3.05) is 26.4 Å². The van der Waals surface area contributed by atoms with Crippen molar-refractivity contribution in [3.63, 3.8) is 0 Å². The topological polar surface area (TPSA) is 176 Å². The van der Waals surface area contributed by atoms with Crippen molar-refractivity contribution in [1.82, 2.24) is 10.6 Å². The molecule has 310 valence electrons. The van der Waals surface area contributed by atoms with Crippen LogP contribution in [0.3, 0.4) is 0 Å². The van der Waals surface area contributed by atoms with Gasteiger partial charge in [-0.15, -0.1) is 0 Å². The second kappa shape index (κ2) is 18.1. The van der Waals surface area contributed by atoms with Crippen LogP contribution in [0.5, 0.6) is 23.0 Å². The van der Waals surface area contributed by atoms with E-state index in [2.05, 4.69) is 34.9 Å². The summed E-state index contributed by atoms with van der Waals surface area (Å²) in [7, 11) is 0. The highest BCUT2D eigenvalue weighted by atomic mass is 35.5. The van der Waals surface area contributed by atoms with E-state index in [0.29, 0.717) is 57.4 Å². The maximum Gasteiger partial charge on any atom is 0.326 e. The zero-order valence-electron chi connectivity index (χ0n) is 33.0. The molecule has 14 heteroatoms. The molecule has 4 atom stereocenters. The Hall–Kier alpha value is -4.56. The minimum atomic E-state index is -1.53. The summed E-state index contributed by atoms with van der Waals surface area (Å²) in [5.41, 5.74) is 5.05. The average Bonchev–Trinajstić information content (AvgIpc) is 3.82. The van der Waals surface area contributed by atoms with Gasteiger partial charge in [0.25, 0.3) is 0 Å². The lowest BCUT2D eigenvalue weighted by molar-refractivity contribution is -0.146. The Labute approximate surface area is 348 Å². The molecule has 58 heavy (non-hydrogen) atoms. The Morgan fingerprint density at radius 3 is 1.41 bits per heavy atom. The average molecular weight is 838 g/mol. The number of hydrogen-bond acceptors (Lipinski definition) is 10. The van der Waals surface area contributed by atoms with Gasteiger partial charge in [0.05, 0.1) is 36.5 Å². The van der Waals surface area contributed by atoms with E-state index in [4.69, 9.17) is 42.1 Å². The smallest absolute Gasteiger partial charge is 0.326 e. The van der Waals surface area contributed by atoms with E-state index >= 15 is 0 Å². The number of aliphatic hydroxyl groups is 2. The molecular weight excluding hydrogens is 787 g/mol. The number of aliphatic hydroxyl groups excluding tert-OH is 2. The second-order valence-electron chi connectivity index (χ2n) is 15.0. The van der Waals surface area contributed by atoms with E-state index in [9.17, 15) is 30.0 Å². The lowest BCUT2D eigenvalue weighted by Gasteiger charge is -2.25. The Morgan fingerprint density at radius 1 is 0.672 bits per heavy atom. The number of carbonyl (C=O) groups is 2. The molecule has 0 aliphatic heterocycles. The zero-order chi connectivity index (χ0) is 41.8. The van der Waals surface area contributed by atoms with Gasteiger partial charge in [0, 0.05) is 36.3 Å². The molecule has 12 nitrogen and oxygen atoms in total. The highest BCUT2D eigenvalue weighted by Crippen LogP contribution is 2.47. The van der Waals surface area contributed by atoms with Gasteiger partial charge in [0.1, 0.15) is 46.3 Å². The van der Waals surface area contributed by atoms with Gasteiger partial charge < -0.3 is 39.4 Å². The van der Waals surface area contributed by atoms with Crippen LogP contribution in [-0.2, 0) is 35.5 Å². The quantitative estimate of drug-likeness (QED) is 0.0552. The van der Waals surface area contributed by atoms with Gasteiger partial charge >= 0.3 is 11.9 Å². The van der Waals surface area contributed by atoms with Crippen LogP contribution in [0.25, 0.3) is 11.1 Å². The molecule has 6 N–H and O–H groups in total. The maximum atomic E-state index is 11.7. The first-order valence-corrected chi connectivity index (χ1v) is 20.2. The number of ether oxygens (including phenoxy) is 4. The molecule has 0 bridgehead atoms. The SMILES string of the molecule is CCOc1cc(O[C@H]2CCc3c(-c4cccc5c4CC[C@H]5Oc4cc(OCC)c(CN[C@@](C)(CO)C(=O)O)cc4Cl)cccc32)c(Cl)cc1CN[C@@](C)(CO)C(=O)O. The molecule has 4 aromatic carbocycles. The first-order chi connectivity index (χ1) is 27.7. The zero-order valence-corrected chi connectivity index (χ0v) is 34.5. The Balaban J connectivity index is 1.22. The van der Waals surface area contributed by atoms with Crippen LogP contribution in [0.1, 0.15) is 86.1 Å². The van der Waals surface area contributed by atoms with Gasteiger partial charge in [-0.1, -0.05) is 59.6 Å². The van der Waals surface area contributed by atoms with Crippen molar-refractivity contribution in [3.8, 4) is 34.1 Å². The highest BCUT2D eigenvalue weighted by Gasteiger charge is 2.35. The van der Waals surface area contributed by atoms with Crippen LogP contribution in [-0.4, -0.2) is 69.9 Å². The number of halogens is 2. The van der Waals surface area contributed by atoms with Crippen molar-refractivity contribution >= 4 is 35.1 Å². The number of hydrogen-bond donors (Lipinski definition) is 6. The maximum absolute atomic E-state index is 11.7. The number of carboxylic acids is 2. The summed E-state index contributed by atoms with van der Waals surface area (Å²) >= 11 is 13.5. The first-order valence-electron chi connectivity index (χ1n) is 19.4. The van der Waals surface area contributed by atoms with E-state index in [1.165, 1.54) is 25.0 Å². The summed E-state index contributed by atoms with van der Waals surface area (Å²) in [6, 6.07) is 19.5. The fourth-order valence-corrected chi connectivity index (χ4v) is 7.92. The van der Waals surface area contributed by atoms with Gasteiger partial charge in [-0.25, -0.2) is 0 Å². The van der Waals surface area contributed by atoms with Crippen molar-refractivity contribution in [2.45, 2.75) is 89.8 Å². The number of aliphatic carboxylic acids is 2. The summed E-state index contributed by atoms with van der Waals surface area (Å²) in [6.07, 6.45) is 2.56. The molecular formula is C44H50Cl2N2O10. The van der Waals surface area contributed by atoms with E-state index in [0.717, 1.165) is 47.9 Å². The monoisotopic (exact) mass is 836 g/mol. The van der Waals surface area contributed by atoms with Crippen LogP contribution >= 0.6 is 23.2 Å². The van der Waals surface area contributed by atoms with Crippen LogP contribution in [0.15, 0.2) is 60.7 Å². The number of benzene rings is 4. The van der Waals surface area contributed by atoms with Gasteiger partial charge in [-0.3, -0.25) is 20.2 Å². The Bertz CT molecular complexity index is 2010. The third kappa shape index (κ3) is 8.87. The molecule has 0 spiro atoms. The minimum absolute atomic E-state index is 0.106. The van der Waals surface area contributed by atoms with Crippen molar-refractivity contribution in [2.24, 2.45) is 0 Å². The van der Waals surface area contributed by atoms with Crippen LogP contribution in [0.4, 0.5) is 0 Å². The normalized spacial score (nSPS) is 17.8. The molecule has 0 fully saturated rings. The molecule has 0 amide bonds. The third-order valence-electron chi connectivity index (χ3n) is 11.0. The molecule has 4 aromatic rings. The summed E-state index contributed by atoms with van der Waals surface area (Å²) in [5.74, 6) is -0.411. The molecule has 2 aliphatic rings. The molecule has 2 aliphatic carbocycles. The van der Waals surface area contributed by atoms with E-state index in [1.54, 1.807) is 24.3 Å². The molecule has 0 unspecified atom stereocenters. The summed E-state index contributed by atoms with van der Waals surface area (Å²) in [4.78, 5) is 23.5. The lowest BCUT2D eigenvalue weighted by atomic mass is 9.91. The van der Waals surface area contributed by atoms with Crippen LogP contribution < -0.4 is 29.6 Å². The number of fused-ring (bicyclic) bond motifs is 2. The third-order valence-corrected chi connectivity index (χ3v) is 11.6. The van der Waals surface area contributed by atoms with Crippen LogP contribution in [0, 0.1) is 0 Å². The Morgan fingerprint density at radius 2 is 1.07 bits per heavy atom. The largest absolute Gasteiger partial charge is 0.493 e. The molecule has 0 saturated carbocycles. The van der Waals surface area contributed by atoms with E-state index in [1.807, 2.05) is 26.0 Å². The Kier molecular flexibility index (Phi) is 13.5. The van der Waals surface area contributed by atoms with Gasteiger partial charge in [0.15, 0.2) is 0 Å². The fourth-order valence-electron chi connectivity index (χ4n) is 7.46. The molecule has 0 radical (unpaired) electrons. The predicted molar refractivity (Wildman–Crippen MR) is 220 cm³/mol. The number of carboxylic acid groups (broad SMARTS) is 2. The van der Waals surface area contributed by atoms with Crippen molar-refractivity contribution in [3.05, 3.63) is 104 Å². The van der Waals surface area contributed by atoms with E-state index < -0.39 is 36.2 Å². The van der Waals surface area contributed by atoms with Crippen LogP contribution in [0.2, 0.25) is 10.0 Å². The second-order valence-corrected chi connectivity index (χ2v) is 15.8. The van der Waals surface area contributed by atoms with Crippen molar-refractivity contribution < 1.29 is 49.0 Å².